The molecule has 19 heavy (non-hydrogen) atoms. The zero-order chi connectivity index (χ0) is 14.6. The fraction of sp³-hybridized carbons (Fsp3) is 0.538. The molecular formula is C13H21FN2O2S. The summed E-state index contributed by atoms with van der Waals surface area (Å²) in [6.07, 6.45) is 0. The Morgan fingerprint density at radius 2 is 2.00 bits per heavy atom. The lowest BCUT2D eigenvalue weighted by Crippen LogP contribution is -2.33. The van der Waals surface area contributed by atoms with E-state index in [1.54, 1.807) is 19.9 Å². The van der Waals surface area contributed by atoms with Gasteiger partial charge in [0.05, 0.1) is 0 Å². The van der Waals surface area contributed by atoms with Crippen molar-refractivity contribution in [2.24, 2.45) is 0 Å². The second-order valence-electron chi connectivity index (χ2n) is 4.66. The number of rotatable bonds is 6. The van der Waals surface area contributed by atoms with Crippen LogP contribution in [0.15, 0.2) is 23.1 Å². The van der Waals surface area contributed by atoms with E-state index in [4.69, 9.17) is 0 Å². The first-order chi connectivity index (χ1) is 8.80. The molecule has 0 radical (unpaired) electrons. The predicted molar refractivity (Wildman–Crippen MR) is 73.9 cm³/mol. The fourth-order valence-corrected chi connectivity index (χ4v) is 3.04. The van der Waals surface area contributed by atoms with Crippen LogP contribution in [-0.2, 0) is 16.6 Å². The average Bonchev–Trinajstić information content (AvgIpc) is 2.36. The Morgan fingerprint density at radius 1 is 1.37 bits per heavy atom. The number of sulfonamides is 1. The van der Waals surface area contributed by atoms with Crippen LogP contribution in [0.25, 0.3) is 0 Å². The zero-order valence-corrected chi connectivity index (χ0v) is 12.6. The van der Waals surface area contributed by atoms with E-state index in [2.05, 4.69) is 5.32 Å². The Morgan fingerprint density at radius 3 is 2.53 bits per heavy atom. The molecular weight excluding hydrogens is 267 g/mol. The van der Waals surface area contributed by atoms with Crippen LogP contribution in [0.5, 0.6) is 0 Å². The summed E-state index contributed by atoms with van der Waals surface area (Å²) in [5, 5.41) is 3.08. The molecule has 1 N–H and O–H groups in total. The number of halogens is 1. The van der Waals surface area contributed by atoms with Gasteiger partial charge in [0.1, 0.15) is 10.7 Å². The van der Waals surface area contributed by atoms with E-state index in [0.29, 0.717) is 6.54 Å². The molecule has 0 heterocycles. The van der Waals surface area contributed by atoms with Crippen LogP contribution in [0, 0.1) is 5.82 Å². The maximum Gasteiger partial charge on any atom is 0.245 e. The maximum atomic E-state index is 13.8. The standard InChI is InChI=1S/C13H21FN2O2S/c1-5-15-9-11-6-7-12(14)13(8-11)19(17,18)16(4)10(2)3/h6-8,10,15H,5,9H2,1-4H3. The first-order valence-corrected chi connectivity index (χ1v) is 7.71. The summed E-state index contributed by atoms with van der Waals surface area (Å²) in [6.45, 7) is 6.74. The van der Waals surface area contributed by atoms with Crippen molar-refractivity contribution < 1.29 is 12.8 Å². The van der Waals surface area contributed by atoms with Crippen molar-refractivity contribution >= 4 is 10.0 Å². The SMILES string of the molecule is CCNCc1ccc(F)c(S(=O)(=O)N(C)C(C)C)c1. The summed E-state index contributed by atoms with van der Waals surface area (Å²) in [5.41, 5.74) is 0.749. The Kier molecular flexibility index (Phi) is 5.46. The van der Waals surface area contributed by atoms with Crippen LogP contribution < -0.4 is 5.32 Å². The van der Waals surface area contributed by atoms with Gasteiger partial charge < -0.3 is 5.32 Å². The smallest absolute Gasteiger partial charge is 0.245 e. The molecule has 1 rings (SSSR count). The Hall–Kier alpha value is -0.980. The van der Waals surface area contributed by atoms with E-state index in [0.717, 1.165) is 12.1 Å². The summed E-state index contributed by atoms with van der Waals surface area (Å²) in [6, 6.07) is 3.97. The molecule has 0 saturated carbocycles. The highest BCUT2D eigenvalue weighted by molar-refractivity contribution is 7.89. The molecule has 0 unspecified atom stereocenters. The first-order valence-electron chi connectivity index (χ1n) is 6.27. The minimum Gasteiger partial charge on any atom is -0.313 e. The molecule has 0 atom stereocenters. The summed E-state index contributed by atoms with van der Waals surface area (Å²) in [7, 11) is -2.33. The highest BCUT2D eigenvalue weighted by atomic mass is 32.2. The summed E-state index contributed by atoms with van der Waals surface area (Å²) in [5.74, 6) is -0.715. The minimum absolute atomic E-state index is 0.221. The lowest BCUT2D eigenvalue weighted by Gasteiger charge is -2.21. The van der Waals surface area contributed by atoms with Crippen LogP contribution >= 0.6 is 0 Å². The normalized spacial score (nSPS) is 12.4. The number of hydrogen-bond acceptors (Lipinski definition) is 3. The average molecular weight is 288 g/mol. The van der Waals surface area contributed by atoms with Crippen molar-refractivity contribution in [3.8, 4) is 0 Å². The van der Waals surface area contributed by atoms with Gasteiger partial charge in [-0.2, -0.15) is 4.31 Å². The van der Waals surface area contributed by atoms with Gasteiger partial charge in [0.25, 0.3) is 0 Å². The predicted octanol–water partition coefficient (Wildman–Crippen LogP) is 1.96. The lowest BCUT2D eigenvalue weighted by atomic mass is 10.2. The molecule has 1 aromatic rings. The molecule has 0 fully saturated rings. The van der Waals surface area contributed by atoms with Crippen molar-refractivity contribution in [1.29, 1.82) is 0 Å². The van der Waals surface area contributed by atoms with Crippen molar-refractivity contribution in [1.82, 2.24) is 9.62 Å². The molecule has 0 aliphatic heterocycles. The monoisotopic (exact) mass is 288 g/mol. The van der Waals surface area contributed by atoms with Crippen molar-refractivity contribution in [3.05, 3.63) is 29.6 Å². The van der Waals surface area contributed by atoms with Gasteiger partial charge in [-0.15, -0.1) is 0 Å². The van der Waals surface area contributed by atoms with E-state index in [1.807, 2.05) is 6.92 Å². The van der Waals surface area contributed by atoms with Gasteiger partial charge in [0.2, 0.25) is 10.0 Å². The quantitative estimate of drug-likeness (QED) is 0.870. The molecule has 0 saturated heterocycles. The van der Waals surface area contributed by atoms with Crippen molar-refractivity contribution in [2.75, 3.05) is 13.6 Å². The Bertz CT molecular complexity index is 529. The lowest BCUT2D eigenvalue weighted by molar-refractivity contribution is 0.407. The van der Waals surface area contributed by atoms with Crippen LogP contribution in [0.1, 0.15) is 26.3 Å². The van der Waals surface area contributed by atoms with Crippen LogP contribution in [0.2, 0.25) is 0 Å². The molecule has 0 aliphatic rings. The van der Waals surface area contributed by atoms with Gasteiger partial charge in [0, 0.05) is 19.6 Å². The molecule has 0 aliphatic carbocycles. The van der Waals surface area contributed by atoms with E-state index < -0.39 is 15.8 Å². The third-order valence-corrected chi connectivity index (χ3v) is 5.01. The molecule has 6 heteroatoms. The third-order valence-electron chi connectivity index (χ3n) is 2.96. The number of nitrogens with zero attached hydrogens (tertiary/aromatic N) is 1. The van der Waals surface area contributed by atoms with Gasteiger partial charge in [-0.25, -0.2) is 12.8 Å². The van der Waals surface area contributed by atoms with E-state index in [9.17, 15) is 12.8 Å². The van der Waals surface area contributed by atoms with Crippen LogP contribution in [-0.4, -0.2) is 32.4 Å². The van der Waals surface area contributed by atoms with Gasteiger partial charge in [-0.05, 0) is 38.1 Å². The number of hydrogen-bond donors (Lipinski definition) is 1. The topological polar surface area (TPSA) is 49.4 Å². The molecule has 0 amide bonds. The first kappa shape index (κ1) is 16.1. The van der Waals surface area contributed by atoms with E-state index >= 15 is 0 Å². The molecule has 0 bridgehead atoms. The zero-order valence-electron chi connectivity index (χ0n) is 11.8. The van der Waals surface area contributed by atoms with Gasteiger partial charge >= 0.3 is 0 Å². The largest absolute Gasteiger partial charge is 0.313 e. The van der Waals surface area contributed by atoms with Crippen molar-refractivity contribution in [3.63, 3.8) is 0 Å². The molecule has 4 nitrogen and oxygen atoms in total. The second kappa shape index (κ2) is 6.45. The summed E-state index contributed by atoms with van der Waals surface area (Å²) < 4.78 is 39.5. The minimum atomic E-state index is -3.79. The van der Waals surface area contributed by atoms with Gasteiger partial charge in [-0.1, -0.05) is 13.0 Å². The Balaban J connectivity index is 3.18. The van der Waals surface area contributed by atoms with Crippen LogP contribution in [0.4, 0.5) is 4.39 Å². The molecule has 1 aromatic carbocycles. The third kappa shape index (κ3) is 3.75. The highest BCUT2D eigenvalue weighted by Gasteiger charge is 2.26. The summed E-state index contributed by atoms with van der Waals surface area (Å²) >= 11 is 0. The summed E-state index contributed by atoms with van der Waals surface area (Å²) in [4.78, 5) is -0.265. The van der Waals surface area contributed by atoms with Gasteiger partial charge in [0.15, 0.2) is 0 Å². The van der Waals surface area contributed by atoms with E-state index in [1.165, 1.54) is 23.5 Å². The number of benzene rings is 1. The Labute approximate surface area is 114 Å². The molecule has 108 valence electrons. The highest BCUT2D eigenvalue weighted by Crippen LogP contribution is 2.21. The van der Waals surface area contributed by atoms with Crippen LogP contribution in [0.3, 0.4) is 0 Å². The van der Waals surface area contributed by atoms with Gasteiger partial charge in [-0.3, -0.25) is 0 Å². The molecule has 0 spiro atoms. The van der Waals surface area contributed by atoms with Crippen molar-refractivity contribution in [2.45, 2.75) is 38.3 Å². The van der Waals surface area contributed by atoms with E-state index in [-0.39, 0.29) is 10.9 Å². The maximum absolute atomic E-state index is 13.8. The second-order valence-corrected chi connectivity index (χ2v) is 6.63. The number of nitrogens with one attached hydrogen (secondary N) is 1. The molecule has 0 aromatic heterocycles. The fourth-order valence-electron chi connectivity index (χ4n) is 1.56.